The van der Waals surface area contributed by atoms with Crippen molar-refractivity contribution in [3.05, 3.63) is 0 Å². The van der Waals surface area contributed by atoms with E-state index in [9.17, 15) is 9.90 Å². The third-order valence-electron chi connectivity index (χ3n) is 2.87. The fraction of sp³-hybridized carbons (Fsp3) is 0.917. The van der Waals surface area contributed by atoms with Crippen LogP contribution in [0.25, 0.3) is 0 Å². The van der Waals surface area contributed by atoms with Gasteiger partial charge in [0.1, 0.15) is 5.60 Å². The molecule has 0 aromatic rings. The van der Waals surface area contributed by atoms with E-state index >= 15 is 0 Å². The monoisotopic (exact) mass is 229 g/mol. The molecule has 0 saturated carbocycles. The number of nitrogens with zero attached hydrogens (tertiary/aromatic N) is 1. The quantitative estimate of drug-likeness (QED) is 0.748. The number of hydrogen-bond donors (Lipinski definition) is 1. The van der Waals surface area contributed by atoms with Crippen LogP contribution in [-0.4, -0.2) is 40.9 Å². The summed E-state index contributed by atoms with van der Waals surface area (Å²) in [4.78, 5) is 13.5. The van der Waals surface area contributed by atoms with E-state index in [1.807, 2.05) is 27.7 Å². The van der Waals surface area contributed by atoms with Crippen LogP contribution in [0.1, 0.15) is 40.5 Å². The van der Waals surface area contributed by atoms with Gasteiger partial charge in [-0.15, -0.1) is 0 Å². The van der Waals surface area contributed by atoms with Crippen molar-refractivity contribution in [1.82, 2.24) is 4.90 Å². The Morgan fingerprint density at radius 2 is 2.12 bits per heavy atom. The van der Waals surface area contributed by atoms with Crippen LogP contribution in [0.2, 0.25) is 0 Å². The summed E-state index contributed by atoms with van der Waals surface area (Å²) in [6.07, 6.45) is 1.000. The molecule has 1 rings (SSSR count). The number of piperidine rings is 1. The normalized spacial score (nSPS) is 26.7. The molecule has 1 heterocycles. The first-order valence-corrected chi connectivity index (χ1v) is 5.99. The average Bonchev–Trinajstić information content (AvgIpc) is 2.15. The number of carbonyl (C=O) groups excluding carboxylic acids is 1. The van der Waals surface area contributed by atoms with Gasteiger partial charge in [0.2, 0.25) is 0 Å². The van der Waals surface area contributed by atoms with E-state index in [-0.39, 0.29) is 18.1 Å². The molecule has 0 radical (unpaired) electrons. The van der Waals surface area contributed by atoms with Crippen molar-refractivity contribution in [2.24, 2.45) is 5.92 Å². The van der Waals surface area contributed by atoms with Gasteiger partial charge in [-0.25, -0.2) is 4.79 Å². The minimum absolute atomic E-state index is 0.182. The zero-order valence-corrected chi connectivity index (χ0v) is 10.7. The third kappa shape index (κ3) is 3.67. The second-order valence-electron chi connectivity index (χ2n) is 5.45. The Labute approximate surface area is 97.6 Å². The van der Waals surface area contributed by atoms with Crippen LogP contribution in [0, 0.1) is 5.92 Å². The first kappa shape index (κ1) is 13.3. The van der Waals surface area contributed by atoms with Crippen molar-refractivity contribution in [1.29, 1.82) is 0 Å². The number of likely N-dealkylation sites (tertiary alicyclic amines) is 1. The predicted octanol–water partition coefficient (Wildman–Crippen LogP) is 2.01. The van der Waals surface area contributed by atoms with Crippen LogP contribution < -0.4 is 0 Å². The molecule has 0 aromatic carbocycles. The zero-order valence-electron chi connectivity index (χ0n) is 10.7. The van der Waals surface area contributed by atoms with E-state index in [4.69, 9.17) is 4.74 Å². The molecule has 1 aliphatic rings. The van der Waals surface area contributed by atoms with E-state index in [1.165, 1.54) is 0 Å². The molecule has 1 amide bonds. The van der Waals surface area contributed by atoms with Gasteiger partial charge >= 0.3 is 6.09 Å². The highest BCUT2D eigenvalue weighted by molar-refractivity contribution is 5.68. The minimum Gasteiger partial charge on any atom is -0.444 e. The van der Waals surface area contributed by atoms with Gasteiger partial charge in [0, 0.05) is 19.0 Å². The number of hydrogen-bond acceptors (Lipinski definition) is 3. The van der Waals surface area contributed by atoms with E-state index < -0.39 is 5.60 Å². The maximum atomic E-state index is 11.8. The maximum Gasteiger partial charge on any atom is 0.410 e. The Morgan fingerprint density at radius 1 is 1.50 bits per heavy atom. The molecular formula is C12H23NO3. The smallest absolute Gasteiger partial charge is 0.410 e. The molecular weight excluding hydrogens is 206 g/mol. The number of aliphatic hydroxyl groups is 1. The van der Waals surface area contributed by atoms with Gasteiger partial charge in [0.15, 0.2) is 0 Å². The molecule has 1 N–H and O–H groups in total. The lowest BCUT2D eigenvalue weighted by Gasteiger charge is -2.36. The summed E-state index contributed by atoms with van der Waals surface area (Å²) < 4.78 is 5.31. The Morgan fingerprint density at radius 3 is 2.62 bits per heavy atom. The van der Waals surface area contributed by atoms with Crippen molar-refractivity contribution in [2.75, 3.05) is 13.1 Å². The summed E-state index contributed by atoms with van der Waals surface area (Å²) in [5.74, 6) is 0.182. The molecule has 1 aliphatic heterocycles. The lowest BCUT2D eigenvalue weighted by molar-refractivity contribution is -0.00896. The molecule has 94 valence electrons. The molecule has 4 heteroatoms. The average molecular weight is 229 g/mol. The third-order valence-corrected chi connectivity index (χ3v) is 2.87. The summed E-state index contributed by atoms with van der Waals surface area (Å²) >= 11 is 0. The van der Waals surface area contributed by atoms with E-state index in [1.54, 1.807) is 4.90 Å². The second kappa shape index (κ2) is 5.04. The fourth-order valence-corrected chi connectivity index (χ4v) is 1.91. The summed E-state index contributed by atoms with van der Waals surface area (Å²) in [5, 5.41) is 9.72. The Bertz CT molecular complexity index is 247. The first-order chi connectivity index (χ1) is 7.33. The Hall–Kier alpha value is -0.770. The minimum atomic E-state index is -0.450. The molecule has 1 saturated heterocycles. The number of ether oxygens (including phenoxy) is 1. The highest BCUT2D eigenvalue weighted by Crippen LogP contribution is 2.21. The van der Waals surface area contributed by atoms with Crippen molar-refractivity contribution in [3.63, 3.8) is 0 Å². The molecule has 2 atom stereocenters. The number of amides is 1. The SMILES string of the molecule is CC[C@@H]1CN(C(=O)OC(C)(C)C)CC[C@@H]1O. The molecule has 1 fully saturated rings. The topological polar surface area (TPSA) is 49.8 Å². The molecule has 0 spiro atoms. The molecule has 0 aliphatic carbocycles. The number of carbonyl (C=O) groups is 1. The van der Waals surface area contributed by atoms with Crippen molar-refractivity contribution >= 4 is 6.09 Å². The summed E-state index contributed by atoms with van der Waals surface area (Å²) in [5.41, 5.74) is -0.450. The largest absolute Gasteiger partial charge is 0.444 e. The number of aliphatic hydroxyl groups excluding tert-OH is 1. The van der Waals surface area contributed by atoms with Crippen LogP contribution in [0.4, 0.5) is 4.79 Å². The molecule has 0 bridgehead atoms. The van der Waals surface area contributed by atoms with Crippen molar-refractivity contribution < 1.29 is 14.6 Å². The summed E-state index contributed by atoms with van der Waals surface area (Å²) in [6.45, 7) is 8.81. The van der Waals surface area contributed by atoms with Crippen molar-refractivity contribution in [2.45, 2.75) is 52.2 Å². The predicted molar refractivity (Wildman–Crippen MR) is 62.2 cm³/mol. The zero-order chi connectivity index (χ0) is 12.3. The van der Waals surface area contributed by atoms with Gasteiger partial charge in [-0.05, 0) is 33.6 Å². The van der Waals surface area contributed by atoms with Crippen LogP contribution in [0.5, 0.6) is 0 Å². The molecule has 16 heavy (non-hydrogen) atoms. The van der Waals surface area contributed by atoms with Crippen molar-refractivity contribution in [3.8, 4) is 0 Å². The first-order valence-electron chi connectivity index (χ1n) is 5.99. The van der Waals surface area contributed by atoms with Gasteiger partial charge in [-0.1, -0.05) is 6.92 Å². The summed E-state index contributed by atoms with van der Waals surface area (Å²) in [7, 11) is 0. The van der Waals surface area contributed by atoms with Crippen LogP contribution in [0.15, 0.2) is 0 Å². The van der Waals surface area contributed by atoms with E-state index in [2.05, 4.69) is 0 Å². The van der Waals surface area contributed by atoms with Gasteiger partial charge in [-0.3, -0.25) is 0 Å². The Balaban J connectivity index is 2.52. The highest BCUT2D eigenvalue weighted by Gasteiger charge is 2.31. The standard InChI is InChI=1S/C12H23NO3/c1-5-9-8-13(7-6-10(9)14)11(15)16-12(2,3)4/h9-10,14H,5-8H2,1-4H3/t9-,10+/m1/s1. The van der Waals surface area contributed by atoms with Crippen LogP contribution >= 0.6 is 0 Å². The van der Waals surface area contributed by atoms with Gasteiger partial charge in [-0.2, -0.15) is 0 Å². The molecule has 0 unspecified atom stereocenters. The lowest BCUT2D eigenvalue weighted by atomic mass is 9.93. The van der Waals surface area contributed by atoms with E-state index in [0.29, 0.717) is 19.5 Å². The number of rotatable bonds is 1. The summed E-state index contributed by atoms with van der Waals surface area (Å²) in [6, 6.07) is 0. The second-order valence-corrected chi connectivity index (χ2v) is 5.45. The lowest BCUT2D eigenvalue weighted by Crippen LogP contribution is -2.47. The fourth-order valence-electron chi connectivity index (χ4n) is 1.91. The van der Waals surface area contributed by atoms with Gasteiger partial charge in [0.25, 0.3) is 0 Å². The highest BCUT2D eigenvalue weighted by atomic mass is 16.6. The molecule has 4 nitrogen and oxygen atoms in total. The van der Waals surface area contributed by atoms with Crippen LogP contribution in [-0.2, 0) is 4.74 Å². The van der Waals surface area contributed by atoms with Gasteiger partial charge < -0.3 is 14.7 Å². The van der Waals surface area contributed by atoms with Gasteiger partial charge in [0.05, 0.1) is 6.10 Å². The maximum absolute atomic E-state index is 11.8. The van der Waals surface area contributed by atoms with E-state index in [0.717, 1.165) is 6.42 Å². The molecule has 0 aromatic heterocycles. The van der Waals surface area contributed by atoms with Crippen LogP contribution in [0.3, 0.4) is 0 Å². The Kier molecular flexibility index (Phi) is 4.19.